The van der Waals surface area contributed by atoms with Gasteiger partial charge in [-0.2, -0.15) is 4.98 Å². The Morgan fingerprint density at radius 3 is 2.57 bits per heavy atom. The van der Waals surface area contributed by atoms with Crippen molar-refractivity contribution in [2.24, 2.45) is 0 Å². The number of aryl methyl sites for hydroxylation is 1. The van der Waals surface area contributed by atoms with Gasteiger partial charge in [-0.1, -0.05) is 40.5 Å². The number of carbonyl (C=O) groups excluding carboxylic acids is 2. The Bertz CT molecular complexity index is 1110. The zero-order chi connectivity index (χ0) is 21.7. The Balaban J connectivity index is 1.52. The number of halogens is 1. The molecule has 1 aromatic heterocycles. The highest BCUT2D eigenvalue weighted by molar-refractivity contribution is 6.33. The Morgan fingerprint density at radius 1 is 1.13 bits per heavy atom. The normalized spacial score (nSPS) is 10.5. The van der Waals surface area contributed by atoms with E-state index in [1.54, 1.807) is 6.07 Å². The average molecular weight is 430 g/mol. The first-order valence-corrected chi connectivity index (χ1v) is 9.14. The van der Waals surface area contributed by atoms with E-state index in [-0.39, 0.29) is 41.1 Å². The Labute approximate surface area is 175 Å². The summed E-state index contributed by atoms with van der Waals surface area (Å²) >= 11 is 5.92. The summed E-state index contributed by atoms with van der Waals surface area (Å²) in [7, 11) is 0. The van der Waals surface area contributed by atoms with Crippen molar-refractivity contribution in [3.8, 4) is 11.4 Å². The molecule has 2 amide bonds. The molecular formula is C19H16ClN5O5. The van der Waals surface area contributed by atoms with Gasteiger partial charge in [0.25, 0.3) is 11.6 Å². The largest absolute Gasteiger partial charge is 0.350 e. The number of aromatic nitrogens is 2. The van der Waals surface area contributed by atoms with Crippen LogP contribution in [-0.2, 0) is 0 Å². The summed E-state index contributed by atoms with van der Waals surface area (Å²) in [6, 6.07) is 11.0. The highest BCUT2D eigenvalue weighted by atomic mass is 35.5. The molecule has 0 aliphatic heterocycles. The molecule has 1 heterocycles. The number of benzene rings is 2. The molecule has 0 spiro atoms. The third-order valence-electron chi connectivity index (χ3n) is 4.00. The van der Waals surface area contributed by atoms with E-state index in [4.69, 9.17) is 16.1 Å². The highest BCUT2D eigenvalue weighted by Crippen LogP contribution is 2.22. The zero-order valence-electron chi connectivity index (χ0n) is 15.7. The summed E-state index contributed by atoms with van der Waals surface area (Å²) in [6.45, 7) is 2.05. The SMILES string of the molecule is Cc1cccc(-c2noc(C(=O)NCCNC(=O)c3cc([N+](=O)[O-])ccc3Cl)n2)c1. The number of carbonyl (C=O) groups is 2. The predicted molar refractivity (Wildman–Crippen MR) is 107 cm³/mol. The summed E-state index contributed by atoms with van der Waals surface area (Å²) < 4.78 is 4.98. The van der Waals surface area contributed by atoms with Gasteiger partial charge < -0.3 is 15.2 Å². The molecule has 154 valence electrons. The van der Waals surface area contributed by atoms with Crippen molar-refractivity contribution < 1.29 is 19.0 Å². The number of nitro groups is 1. The van der Waals surface area contributed by atoms with Crippen molar-refractivity contribution >= 4 is 29.1 Å². The first-order valence-electron chi connectivity index (χ1n) is 8.76. The summed E-state index contributed by atoms with van der Waals surface area (Å²) in [5, 5.41) is 19.8. The number of nitrogens with zero attached hydrogens (tertiary/aromatic N) is 3. The zero-order valence-corrected chi connectivity index (χ0v) is 16.5. The molecule has 2 aromatic carbocycles. The maximum absolute atomic E-state index is 12.2. The number of hydrogen-bond acceptors (Lipinski definition) is 7. The van der Waals surface area contributed by atoms with E-state index in [2.05, 4.69) is 20.8 Å². The van der Waals surface area contributed by atoms with Crippen LogP contribution in [0.4, 0.5) is 5.69 Å². The van der Waals surface area contributed by atoms with E-state index < -0.39 is 16.7 Å². The molecular weight excluding hydrogens is 414 g/mol. The lowest BCUT2D eigenvalue weighted by molar-refractivity contribution is -0.384. The van der Waals surface area contributed by atoms with E-state index in [1.807, 2.05) is 25.1 Å². The van der Waals surface area contributed by atoms with Crippen molar-refractivity contribution in [3.63, 3.8) is 0 Å². The Morgan fingerprint density at radius 2 is 1.87 bits per heavy atom. The standard InChI is InChI=1S/C19H16ClN5O5/c1-11-3-2-4-12(9-11)16-23-19(30-24-16)18(27)22-8-7-21-17(26)14-10-13(25(28)29)5-6-15(14)20/h2-6,9-10H,7-8H2,1H3,(H,21,26)(H,22,27). The molecule has 0 aliphatic carbocycles. The van der Waals surface area contributed by atoms with Gasteiger partial charge in [0.1, 0.15) is 0 Å². The number of nitro benzene ring substituents is 1. The smallest absolute Gasteiger partial charge is 0.316 e. The van der Waals surface area contributed by atoms with Gasteiger partial charge in [-0.15, -0.1) is 0 Å². The number of nitrogens with one attached hydrogen (secondary N) is 2. The van der Waals surface area contributed by atoms with Crippen molar-refractivity contribution in [1.29, 1.82) is 0 Å². The van der Waals surface area contributed by atoms with Crippen LogP contribution in [0.25, 0.3) is 11.4 Å². The second-order valence-electron chi connectivity index (χ2n) is 6.23. The van der Waals surface area contributed by atoms with Crippen LogP contribution in [0.2, 0.25) is 5.02 Å². The number of hydrogen-bond donors (Lipinski definition) is 2. The van der Waals surface area contributed by atoms with Crippen molar-refractivity contribution in [1.82, 2.24) is 20.8 Å². The Kier molecular flexibility index (Phi) is 6.38. The minimum Gasteiger partial charge on any atom is -0.350 e. The van der Waals surface area contributed by atoms with E-state index in [0.29, 0.717) is 0 Å². The van der Waals surface area contributed by atoms with Gasteiger partial charge in [0.2, 0.25) is 5.82 Å². The van der Waals surface area contributed by atoms with Crippen LogP contribution < -0.4 is 10.6 Å². The first kappa shape index (κ1) is 20.9. The van der Waals surface area contributed by atoms with Crippen molar-refractivity contribution in [2.45, 2.75) is 6.92 Å². The second-order valence-corrected chi connectivity index (χ2v) is 6.63. The molecule has 3 rings (SSSR count). The number of non-ortho nitro benzene ring substituents is 1. The van der Waals surface area contributed by atoms with Gasteiger partial charge >= 0.3 is 11.8 Å². The topological polar surface area (TPSA) is 140 Å². The fraction of sp³-hybridized carbons (Fsp3) is 0.158. The number of rotatable bonds is 7. The molecule has 0 radical (unpaired) electrons. The molecule has 0 unspecified atom stereocenters. The quantitative estimate of drug-likeness (QED) is 0.334. The summed E-state index contributed by atoms with van der Waals surface area (Å²) in [4.78, 5) is 38.6. The summed E-state index contributed by atoms with van der Waals surface area (Å²) in [5.74, 6) is -1.11. The molecule has 11 heteroatoms. The van der Waals surface area contributed by atoms with Crippen LogP contribution in [-0.4, -0.2) is 40.0 Å². The lowest BCUT2D eigenvalue weighted by atomic mass is 10.1. The van der Waals surface area contributed by atoms with E-state index in [9.17, 15) is 19.7 Å². The fourth-order valence-corrected chi connectivity index (χ4v) is 2.74. The van der Waals surface area contributed by atoms with Gasteiger partial charge in [0.05, 0.1) is 15.5 Å². The first-order chi connectivity index (χ1) is 14.3. The lowest BCUT2D eigenvalue weighted by Gasteiger charge is -2.07. The van der Waals surface area contributed by atoms with Crippen LogP contribution >= 0.6 is 11.6 Å². The fourth-order valence-electron chi connectivity index (χ4n) is 2.54. The van der Waals surface area contributed by atoms with E-state index in [0.717, 1.165) is 17.2 Å². The summed E-state index contributed by atoms with van der Waals surface area (Å²) in [6.07, 6.45) is 0. The minimum atomic E-state index is -0.622. The minimum absolute atomic E-state index is 0.0307. The van der Waals surface area contributed by atoms with Crippen LogP contribution in [0, 0.1) is 17.0 Å². The van der Waals surface area contributed by atoms with Gasteiger partial charge in [-0.25, -0.2) is 0 Å². The molecule has 3 aromatic rings. The predicted octanol–water partition coefficient (Wildman–Crippen LogP) is 2.77. The molecule has 0 atom stereocenters. The van der Waals surface area contributed by atoms with Gasteiger partial charge in [-0.05, 0) is 19.1 Å². The molecule has 0 aliphatic rings. The van der Waals surface area contributed by atoms with Gasteiger partial charge in [0.15, 0.2) is 0 Å². The van der Waals surface area contributed by atoms with Crippen LogP contribution in [0.3, 0.4) is 0 Å². The monoisotopic (exact) mass is 429 g/mol. The maximum atomic E-state index is 12.2. The van der Waals surface area contributed by atoms with Crippen molar-refractivity contribution in [2.75, 3.05) is 13.1 Å². The third kappa shape index (κ3) is 4.97. The Hall–Kier alpha value is -3.79. The van der Waals surface area contributed by atoms with Crippen LogP contribution in [0.5, 0.6) is 0 Å². The van der Waals surface area contributed by atoms with Gasteiger partial charge in [-0.3, -0.25) is 19.7 Å². The van der Waals surface area contributed by atoms with Gasteiger partial charge in [0, 0.05) is 30.8 Å². The second kappa shape index (κ2) is 9.14. The molecule has 0 bridgehead atoms. The van der Waals surface area contributed by atoms with Crippen LogP contribution in [0.15, 0.2) is 47.0 Å². The van der Waals surface area contributed by atoms with E-state index >= 15 is 0 Å². The molecule has 2 N–H and O–H groups in total. The third-order valence-corrected chi connectivity index (χ3v) is 4.33. The lowest BCUT2D eigenvalue weighted by Crippen LogP contribution is -2.35. The molecule has 0 saturated carbocycles. The highest BCUT2D eigenvalue weighted by Gasteiger charge is 2.17. The molecule has 30 heavy (non-hydrogen) atoms. The van der Waals surface area contributed by atoms with Crippen LogP contribution in [0.1, 0.15) is 26.6 Å². The maximum Gasteiger partial charge on any atom is 0.316 e. The molecule has 10 nitrogen and oxygen atoms in total. The van der Waals surface area contributed by atoms with E-state index in [1.165, 1.54) is 12.1 Å². The van der Waals surface area contributed by atoms with Crippen molar-refractivity contribution in [3.05, 3.63) is 74.6 Å². The average Bonchev–Trinajstić information content (AvgIpc) is 3.21. The molecule has 0 saturated heterocycles. The molecule has 0 fully saturated rings. The summed E-state index contributed by atoms with van der Waals surface area (Å²) in [5.41, 5.74) is 1.46. The number of amides is 2.